The molecule has 7 heteroatoms. The Kier molecular flexibility index (Phi) is 4.93. The molecular formula is C15H21NO6. The van der Waals surface area contributed by atoms with E-state index in [1.54, 1.807) is 38.1 Å². The first kappa shape index (κ1) is 17.0. The minimum atomic E-state index is -1.52. The van der Waals surface area contributed by atoms with E-state index in [2.05, 4.69) is 5.18 Å². The van der Waals surface area contributed by atoms with Gasteiger partial charge in [0.15, 0.2) is 6.29 Å². The van der Waals surface area contributed by atoms with Crippen LogP contribution in [0, 0.1) is 10.3 Å². The lowest BCUT2D eigenvalue weighted by Gasteiger charge is -2.30. The van der Waals surface area contributed by atoms with Crippen LogP contribution < -0.4 is 0 Å². The number of ether oxygens (including phenoxy) is 3. The zero-order valence-corrected chi connectivity index (χ0v) is 12.9. The molecule has 0 radical (unpaired) electrons. The summed E-state index contributed by atoms with van der Waals surface area (Å²) in [5.41, 5.74) is 0.103. The molecule has 0 bridgehead atoms. The monoisotopic (exact) mass is 311 g/mol. The zero-order valence-electron chi connectivity index (χ0n) is 12.9. The Morgan fingerprint density at radius 1 is 1.36 bits per heavy atom. The molecule has 1 fully saturated rings. The largest absolute Gasteiger partial charge is 0.391 e. The smallest absolute Gasteiger partial charge is 0.221 e. The van der Waals surface area contributed by atoms with Crippen LogP contribution in [0.1, 0.15) is 19.4 Å². The van der Waals surface area contributed by atoms with Crippen molar-refractivity contribution >= 4 is 5.69 Å². The number of aliphatic hydroxyl groups is 2. The minimum Gasteiger partial charge on any atom is -0.391 e. The predicted molar refractivity (Wildman–Crippen MR) is 78.2 cm³/mol. The fraction of sp³-hybridized carbons (Fsp3) is 0.600. The highest BCUT2D eigenvalue weighted by Gasteiger charge is 2.60. The van der Waals surface area contributed by atoms with Crippen molar-refractivity contribution in [1.29, 1.82) is 0 Å². The molecule has 0 amide bonds. The second-order valence-electron chi connectivity index (χ2n) is 5.88. The molecule has 2 N–H and O–H groups in total. The predicted octanol–water partition coefficient (Wildman–Crippen LogP) is 1.68. The lowest BCUT2D eigenvalue weighted by molar-refractivity contribution is -0.295. The summed E-state index contributed by atoms with van der Waals surface area (Å²) in [5, 5.41) is 22.8. The highest BCUT2D eigenvalue weighted by molar-refractivity contribution is 5.44. The standard InChI is InChI=1S/C15H21NO6/c1-14(2)12(18)15(9-17,20-3)22-13(14)21-8-10-6-4-5-7-11(10)16-19/h4-7,12-13,17-18H,8-9H2,1-3H3/t12?,13-,15+/m1/s1. The van der Waals surface area contributed by atoms with E-state index in [0.717, 1.165) is 0 Å². The van der Waals surface area contributed by atoms with Crippen molar-refractivity contribution in [1.82, 2.24) is 0 Å². The number of hydrogen-bond donors (Lipinski definition) is 2. The second kappa shape index (κ2) is 6.39. The molecule has 0 aromatic heterocycles. The zero-order chi connectivity index (χ0) is 16.4. The van der Waals surface area contributed by atoms with Gasteiger partial charge in [-0.25, -0.2) is 0 Å². The fourth-order valence-corrected chi connectivity index (χ4v) is 2.58. The maximum Gasteiger partial charge on any atom is 0.221 e. The molecule has 1 aromatic rings. The van der Waals surface area contributed by atoms with Crippen LogP contribution in [0.25, 0.3) is 0 Å². The molecule has 0 spiro atoms. The topological polar surface area (TPSA) is 97.6 Å². The summed E-state index contributed by atoms with van der Waals surface area (Å²) in [5.74, 6) is -1.52. The Morgan fingerprint density at radius 3 is 2.59 bits per heavy atom. The van der Waals surface area contributed by atoms with Gasteiger partial charge >= 0.3 is 0 Å². The van der Waals surface area contributed by atoms with Gasteiger partial charge in [-0.1, -0.05) is 32.0 Å². The summed E-state index contributed by atoms with van der Waals surface area (Å²) in [7, 11) is 1.35. The lowest BCUT2D eigenvalue weighted by atomic mass is 9.84. The van der Waals surface area contributed by atoms with Crippen LogP contribution in [0.15, 0.2) is 29.4 Å². The summed E-state index contributed by atoms with van der Waals surface area (Å²) in [6, 6.07) is 6.80. The van der Waals surface area contributed by atoms with Gasteiger partial charge in [0.1, 0.15) is 18.4 Å². The average Bonchev–Trinajstić information content (AvgIpc) is 2.73. The van der Waals surface area contributed by atoms with E-state index in [9.17, 15) is 15.1 Å². The third-order valence-corrected chi connectivity index (χ3v) is 4.08. The van der Waals surface area contributed by atoms with Gasteiger partial charge in [-0.2, -0.15) is 0 Å². The number of rotatable bonds is 6. The molecule has 122 valence electrons. The molecule has 7 nitrogen and oxygen atoms in total. The van der Waals surface area contributed by atoms with Crippen molar-refractivity contribution in [2.45, 2.75) is 38.6 Å². The molecule has 22 heavy (non-hydrogen) atoms. The van der Waals surface area contributed by atoms with E-state index in [1.165, 1.54) is 7.11 Å². The Morgan fingerprint density at radius 2 is 2.05 bits per heavy atom. The molecular weight excluding hydrogens is 290 g/mol. The van der Waals surface area contributed by atoms with Gasteiger partial charge in [0.2, 0.25) is 5.79 Å². The highest BCUT2D eigenvalue weighted by Crippen LogP contribution is 2.45. The number of hydrogen-bond acceptors (Lipinski definition) is 7. The molecule has 1 unspecified atom stereocenters. The Balaban J connectivity index is 2.14. The van der Waals surface area contributed by atoms with Gasteiger partial charge in [-0.05, 0) is 11.2 Å². The average molecular weight is 311 g/mol. The van der Waals surface area contributed by atoms with Gasteiger partial charge < -0.3 is 24.4 Å². The SMILES string of the molecule is CO[C@@]1(CO)O[C@@H](OCc2ccccc2N=O)C(C)(C)C1O. The quantitative estimate of drug-likeness (QED) is 0.776. The maximum atomic E-state index is 10.8. The van der Waals surface area contributed by atoms with Crippen molar-refractivity contribution < 1.29 is 24.4 Å². The van der Waals surface area contributed by atoms with Gasteiger partial charge in [-0.15, -0.1) is 4.91 Å². The molecule has 1 aliphatic heterocycles. The van der Waals surface area contributed by atoms with Crippen molar-refractivity contribution in [3.63, 3.8) is 0 Å². The molecule has 1 aromatic carbocycles. The second-order valence-corrected chi connectivity index (χ2v) is 5.88. The number of benzene rings is 1. The van der Waals surface area contributed by atoms with Gasteiger partial charge in [0, 0.05) is 18.1 Å². The van der Waals surface area contributed by atoms with Gasteiger partial charge in [0.05, 0.1) is 6.61 Å². The van der Waals surface area contributed by atoms with Crippen LogP contribution in [0.4, 0.5) is 5.69 Å². The van der Waals surface area contributed by atoms with Gasteiger partial charge in [-0.3, -0.25) is 0 Å². The molecule has 1 heterocycles. The van der Waals surface area contributed by atoms with E-state index < -0.39 is 30.2 Å². The minimum absolute atomic E-state index is 0.0912. The van der Waals surface area contributed by atoms with Crippen LogP contribution >= 0.6 is 0 Å². The first-order valence-corrected chi connectivity index (χ1v) is 6.96. The molecule has 0 saturated carbocycles. The highest BCUT2D eigenvalue weighted by atomic mass is 16.8. The Hall–Kier alpha value is -1.38. The first-order valence-electron chi connectivity index (χ1n) is 6.96. The van der Waals surface area contributed by atoms with Gasteiger partial charge in [0.25, 0.3) is 0 Å². The van der Waals surface area contributed by atoms with Crippen LogP contribution in [-0.2, 0) is 20.8 Å². The van der Waals surface area contributed by atoms with E-state index in [0.29, 0.717) is 11.3 Å². The molecule has 0 aliphatic carbocycles. The molecule has 2 rings (SSSR count). The van der Waals surface area contributed by atoms with E-state index >= 15 is 0 Å². The Bertz CT molecular complexity index is 529. The molecule has 1 aliphatic rings. The van der Waals surface area contributed by atoms with Crippen molar-refractivity contribution in [3.8, 4) is 0 Å². The summed E-state index contributed by atoms with van der Waals surface area (Å²) >= 11 is 0. The lowest BCUT2D eigenvalue weighted by Crippen LogP contribution is -2.48. The summed E-state index contributed by atoms with van der Waals surface area (Å²) < 4.78 is 16.5. The number of nitrogens with zero attached hydrogens (tertiary/aromatic N) is 1. The van der Waals surface area contributed by atoms with Crippen molar-refractivity contribution in [3.05, 3.63) is 34.7 Å². The number of aliphatic hydroxyl groups excluding tert-OH is 2. The summed E-state index contributed by atoms with van der Waals surface area (Å²) in [6.07, 6.45) is -1.88. The number of nitroso groups, excluding NO2 is 1. The molecule has 3 atom stereocenters. The summed E-state index contributed by atoms with van der Waals surface area (Å²) in [6.45, 7) is 3.10. The van der Waals surface area contributed by atoms with Crippen molar-refractivity contribution in [2.24, 2.45) is 10.6 Å². The normalized spacial score (nSPS) is 30.4. The van der Waals surface area contributed by atoms with E-state index in [-0.39, 0.29) is 6.61 Å². The van der Waals surface area contributed by atoms with Crippen LogP contribution in [0.3, 0.4) is 0 Å². The number of methoxy groups -OCH3 is 1. The molecule has 1 saturated heterocycles. The van der Waals surface area contributed by atoms with Crippen LogP contribution in [0.2, 0.25) is 0 Å². The summed E-state index contributed by atoms with van der Waals surface area (Å²) in [4.78, 5) is 10.8. The van der Waals surface area contributed by atoms with Crippen LogP contribution in [-0.4, -0.2) is 42.1 Å². The third kappa shape index (κ3) is 2.78. The maximum absolute atomic E-state index is 10.8. The third-order valence-electron chi connectivity index (χ3n) is 4.08. The van der Waals surface area contributed by atoms with Crippen LogP contribution in [0.5, 0.6) is 0 Å². The van der Waals surface area contributed by atoms with Crippen molar-refractivity contribution in [2.75, 3.05) is 13.7 Å². The fourth-order valence-electron chi connectivity index (χ4n) is 2.58. The Labute approximate surface area is 128 Å². The van der Waals surface area contributed by atoms with E-state index in [4.69, 9.17) is 14.2 Å². The van der Waals surface area contributed by atoms with E-state index in [1.807, 2.05) is 0 Å². The first-order chi connectivity index (χ1) is 10.4.